The lowest BCUT2D eigenvalue weighted by Crippen LogP contribution is -2.27. The Balaban J connectivity index is 2.03. The summed E-state index contributed by atoms with van der Waals surface area (Å²) in [4.78, 5) is 16.6. The highest BCUT2D eigenvalue weighted by Gasteiger charge is 2.21. The van der Waals surface area contributed by atoms with Gasteiger partial charge >= 0.3 is 0 Å². The van der Waals surface area contributed by atoms with Crippen molar-refractivity contribution in [2.24, 2.45) is 5.41 Å². The van der Waals surface area contributed by atoms with Crippen molar-refractivity contribution < 1.29 is 9.53 Å². The minimum absolute atomic E-state index is 0.00234. The Morgan fingerprint density at radius 2 is 1.96 bits per heavy atom. The maximum Gasteiger partial charge on any atom is 0.229 e. The lowest BCUT2D eigenvalue weighted by atomic mass is 9.95. The maximum atomic E-state index is 12.0. The fraction of sp³-hybridized carbons (Fsp3) is 0.444. The second-order valence-electron chi connectivity index (χ2n) is 6.82. The molecule has 0 fully saturated rings. The molecule has 0 saturated carbocycles. The fourth-order valence-corrected chi connectivity index (χ4v) is 2.85. The van der Waals surface area contributed by atoms with E-state index < -0.39 is 5.41 Å². The number of hydrogen-bond acceptors (Lipinski definition) is 5. The van der Waals surface area contributed by atoms with Crippen LogP contribution in [0.25, 0.3) is 11.3 Å². The zero-order valence-electron chi connectivity index (χ0n) is 14.8. The SMILES string of the molecule is COC[C@@H](C)Nc1nc(-c2ccc(NC(=O)C(C)(C)C)cc2)cs1. The van der Waals surface area contributed by atoms with Crippen LogP contribution >= 0.6 is 11.3 Å². The van der Waals surface area contributed by atoms with Crippen LogP contribution < -0.4 is 10.6 Å². The van der Waals surface area contributed by atoms with Crippen molar-refractivity contribution in [3.05, 3.63) is 29.6 Å². The molecule has 1 heterocycles. The van der Waals surface area contributed by atoms with Gasteiger partial charge in [-0.05, 0) is 19.1 Å². The first-order valence-corrected chi connectivity index (χ1v) is 8.80. The lowest BCUT2D eigenvalue weighted by Gasteiger charge is -2.17. The largest absolute Gasteiger partial charge is 0.383 e. The number of aromatic nitrogens is 1. The van der Waals surface area contributed by atoms with Crippen LogP contribution in [-0.2, 0) is 9.53 Å². The van der Waals surface area contributed by atoms with Crippen molar-refractivity contribution in [3.63, 3.8) is 0 Å². The van der Waals surface area contributed by atoms with Gasteiger partial charge in [0.05, 0.1) is 12.3 Å². The molecule has 1 aromatic heterocycles. The van der Waals surface area contributed by atoms with Crippen molar-refractivity contribution in [1.82, 2.24) is 4.98 Å². The monoisotopic (exact) mass is 347 g/mol. The highest BCUT2D eigenvalue weighted by Crippen LogP contribution is 2.27. The number of thiazole rings is 1. The summed E-state index contributed by atoms with van der Waals surface area (Å²) in [5.41, 5.74) is 2.32. The predicted molar refractivity (Wildman–Crippen MR) is 101 cm³/mol. The summed E-state index contributed by atoms with van der Waals surface area (Å²) in [5, 5.41) is 9.13. The molecule has 1 atom stereocenters. The number of hydrogen-bond donors (Lipinski definition) is 2. The van der Waals surface area contributed by atoms with Gasteiger partial charge in [0, 0.05) is 35.2 Å². The maximum absolute atomic E-state index is 12.0. The molecule has 24 heavy (non-hydrogen) atoms. The van der Waals surface area contributed by atoms with Crippen LogP contribution in [0.4, 0.5) is 10.8 Å². The van der Waals surface area contributed by atoms with Crippen LogP contribution in [0.3, 0.4) is 0 Å². The zero-order valence-corrected chi connectivity index (χ0v) is 15.7. The summed E-state index contributed by atoms with van der Waals surface area (Å²) in [5.74, 6) is 0.00234. The van der Waals surface area contributed by atoms with E-state index in [-0.39, 0.29) is 11.9 Å². The summed E-state index contributed by atoms with van der Waals surface area (Å²) in [6.45, 7) is 8.37. The number of amides is 1. The van der Waals surface area contributed by atoms with Gasteiger partial charge in [0.25, 0.3) is 0 Å². The molecule has 5 nitrogen and oxygen atoms in total. The van der Waals surface area contributed by atoms with Crippen molar-refractivity contribution in [2.75, 3.05) is 24.4 Å². The Morgan fingerprint density at radius 1 is 1.29 bits per heavy atom. The lowest BCUT2D eigenvalue weighted by molar-refractivity contribution is -0.123. The first-order valence-electron chi connectivity index (χ1n) is 7.92. The topological polar surface area (TPSA) is 63.2 Å². The third-order valence-electron chi connectivity index (χ3n) is 3.41. The van der Waals surface area contributed by atoms with E-state index in [4.69, 9.17) is 4.74 Å². The van der Waals surface area contributed by atoms with Gasteiger partial charge in [-0.1, -0.05) is 32.9 Å². The van der Waals surface area contributed by atoms with Crippen LogP contribution in [0.1, 0.15) is 27.7 Å². The Morgan fingerprint density at radius 3 is 2.54 bits per heavy atom. The Kier molecular flexibility index (Phi) is 5.96. The molecule has 1 aromatic carbocycles. The second-order valence-corrected chi connectivity index (χ2v) is 7.68. The third kappa shape index (κ3) is 5.04. The van der Waals surface area contributed by atoms with Gasteiger partial charge in [0.1, 0.15) is 0 Å². The first kappa shape index (κ1) is 18.4. The van der Waals surface area contributed by atoms with Crippen LogP contribution in [-0.4, -0.2) is 30.6 Å². The van der Waals surface area contributed by atoms with E-state index in [9.17, 15) is 4.79 Å². The van der Waals surface area contributed by atoms with Crippen molar-refractivity contribution in [2.45, 2.75) is 33.7 Å². The van der Waals surface area contributed by atoms with Crippen molar-refractivity contribution >= 4 is 28.1 Å². The summed E-state index contributed by atoms with van der Waals surface area (Å²) in [7, 11) is 1.69. The van der Waals surface area contributed by atoms with Crippen molar-refractivity contribution in [1.29, 1.82) is 0 Å². The molecule has 0 aliphatic carbocycles. The van der Waals surface area contributed by atoms with Crippen molar-refractivity contribution in [3.8, 4) is 11.3 Å². The van der Waals surface area contributed by atoms with Gasteiger partial charge in [-0.15, -0.1) is 11.3 Å². The van der Waals surface area contributed by atoms with E-state index in [0.717, 1.165) is 22.1 Å². The van der Waals surface area contributed by atoms with Gasteiger partial charge in [0.15, 0.2) is 5.13 Å². The van der Waals surface area contributed by atoms with E-state index in [1.807, 2.05) is 50.4 Å². The number of methoxy groups -OCH3 is 1. The molecule has 1 amide bonds. The van der Waals surface area contributed by atoms with Crippen LogP contribution in [0.2, 0.25) is 0 Å². The Hall–Kier alpha value is -1.92. The fourth-order valence-electron chi connectivity index (χ4n) is 2.02. The van der Waals surface area contributed by atoms with E-state index in [1.165, 1.54) is 0 Å². The standard InChI is InChI=1S/C18H25N3O2S/c1-12(10-23-5)19-17-21-15(11-24-17)13-6-8-14(9-7-13)20-16(22)18(2,3)4/h6-9,11-12H,10H2,1-5H3,(H,19,21)(H,20,22)/t12-/m1/s1. The van der Waals surface area contributed by atoms with Gasteiger partial charge in [-0.3, -0.25) is 4.79 Å². The number of carbonyl (C=O) groups excluding carboxylic acids is 1. The molecule has 2 N–H and O–H groups in total. The molecule has 2 aromatic rings. The number of nitrogens with zero attached hydrogens (tertiary/aromatic N) is 1. The van der Waals surface area contributed by atoms with E-state index in [1.54, 1.807) is 18.4 Å². The molecule has 0 saturated heterocycles. The highest BCUT2D eigenvalue weighted by molar-refractivity contribution is 7.14. The molecule has 6 heteroatoms. The Bertz CT molecular complexity index is 674. The number of rotatable bonds is 6. The third-order valence-corrected chi connectivity index (χ3v) is 4.18. The summed E-state index contributed by atoms with van der Waals surface area (Å²) in [6, 6.07) is 7.95. The van der Waals surface area contributed by atoms with E-state index >= 15 is 0 Å². The number of nitrogens with one attached hydrogen (secondary N) is 2. The van der Waals surface area contributed by atoms with Crippen LogP contribution in [0.5, 0.6) is 0 Å². The van der Waals surface area contributed by atoms with Gasteiger partial charge in [0.2, 0.25) is 5.91 Å². The smallest absolute Gasteiger partial charge is 0.229 e. The molecule has 0 aliphatic rings. The molecule has 0 spiro atoms. The Labute approximate surface area is 147 Å². The highest BCUT2D eigenvalue weighted by atomic mass is 32.1. The summed E-state index contributed by atoms with van der Waals surface area (Å²) >= 11 is 1.57. The zero-order chi connectivity index (χ0) is 17.7. The molecule has 0 aliphatic heterocycles. The normalized spacial score (nSPS) is 12.7. The van der Waals surface area contributed by atoms with Gasteiger partial charge in [-0.2, -0.15) is 0 Å². The van der Waals surface area contributed by atoms with Gasteiger partial charge < -0.3 is 15.4 Å². The minimum Gasteiger partial charge on any atom is -0.383 e. The predicted octanol–water partition coefficient (Wildman–Crippen LogP) is 4.24. The molecule has 130 valence electrons. The summed E-state index contributed by atoms with van der Waals surface area (Å²) < 4.78 is 5.12. The molecular formula is C18H25N3O2S. The minimum atomic E-state index is -0.410. The quantitative estimate of drug-likeness (QED) is 0.820. The molecule has 0 unspecified atom stereocenters. The number of benzene rings is 1. The van der Waals surface area contributed by atoms with Gasteiger partial charge in [-0.25, -0.2) is 4.98 Å². The van der Waals surface area contributed by atoms with E-state index in [0.29, 0.717) is 6.61 Å². The average Bonchev–Trinajstić information content (AvgIpc) is 2.95. The number of ether oxygens (including phenoxy) is 1. The number of anilines is 2. The second kappa shape index (κ2) is 7.77. The summed E-state index contributed by atoms with van der Waals surface area (Å²) in [6.07, 6.45) is 0. The molecular weight excluding hydrogens is 322 g/mol. The first-order chi connectivity index (χ1) is 11.3. The molecule has 0 bridgehead atoms. The number of carbonyl (C=O) groups is 1. The van der Waals surface area contributed by atoms with Crippen LogP contribution in [0.15, 0.2) is 29.6 Å². The van der Waals surface area contributed by atoms with Crippen LogP contribution in [0, 0.1) is 5.41 Å². The molecule has 0 radical (unpaired) electrons. The average molecular weight is 347 g/mol. The van der Waals surface area contributed by atoms with E-state index in [2.05, 4.69) is 22.5 Å². The molecule has 2 rings (SSSR count).